The molecule has 0 fully saturated rings. The summed E-state index contributed by atoms with van der Waals surface area (Å²) in [5, 5.41) is 5.93. The van der Waals surface area contributed by atoms with Crippen LogP contribution in [0.2, 0.25) is 0 Å². The number of rotatable bonds is 8. The van der Waals surface area contributed by atoms with E-state index in [9.17, 15) is 4.79 Å². The standard InChI is InChI=1S/C20H28N2O3/c1-14(2)12-24-13-18(19-10-7-11-25-19)22-20(23)21-16(4)17-9-6-5-8-15(17)3/h5-11,14,16,18H,12-13H2,1-4H3,(H2,21,22,23). The van der Waals surface area contributed by atoms with Crippen molar-refractivity contribution in [2.24, 2.45) is 5.92 Å². The van der Waals surface area contributed by atoms with E-state index in [1.54, 1.807) is 12.3 Å². The maximum Gasteiger partial charge on any atom is 0.315 e. The first-order valence-electron chi connectivity index (χ1n) is 8.71. The Kier molecular flexibility index (Phi) is 7.07. The molecule has 0 bridgehead atoms. The number of carbonyl (C=O) groups excluding carboxylic acids is 1. The number of aryl methyl sites for hydroxylation is 1. The van der Waals surface area contributed by atoms with Gasteiger partial charge in [0.15, 0.2) is 0 Å². The molecule has 1 heterocycles. The fourth-order valence-electron chi connectivity index (χ4n) is 2.65. The minimum absolute atomic E-state index is 0.0879. The van der Waals surface area contributed by atoms with Crippen molar-refractivity contribution < 1.29 is 13.9 Å². The Hall–Kier alpha value is -2.27. The molecule has 0 aliphatic heterocycles. The molecule has 136 valence electrons. The normalized spacial score (nSPS) is 13.5. The predicted molar refractivity (Wildman–Crippen MR) is 98.4 cm³/mol. The second kappa shape index (κ2) is 9.28. The van der Waals surface area contributed by atoms with Gasteiger partial charge >= 0.3 is 6.03 Å². The van der Waals surface area contributed by atoms with Crippen LogP contribution in [0.1, 0.15) is 49.7 Å². The quantitative estimate of drug-likeness (QED) is 0.748. The first-order chi connectivity index (χ1) is 12.0. The molecule has 2 unspecified atom stereocenters. The van der Waals surface area contributed by atoms with Gasteiger partial charge in [-0.2, -0.15) is 0 Å². The highest BCUT2D eigenvalue weighted by atomic mass is 16.5. The molecule has 1 aromatic heterocycles. The van der Waals surface area contributed by atoms with Crippen molar-refractivity contribution in [3.63, 3.8) is 0 Å². The molecule has 2 aromatic rings. The number of carbonyl (C=O) groups is 1. The molecule has 25 heavy (non-hydrogen) atoms. The summed E-state index contributed by atoms with van der Waals surface area (Å²) in [7, 11) is 0. The third-order valence-corrected chi connectivity index (χ3v) is 3.93. The number of benzene rings is 1. The largest absolute Gasteiger partial charge is 0.467 e. The Morgan fingerprint density at radius 1 is 1.08 bits per heavy atom. The number of hydrogen-bond acceptors (Lipinski definition) is 3. The second-order valence-corrected chi connectivity index (χ2v) is 6.70. The molecule has 2 N–H and O–H groups in total. The fraction of sp³-hybridized carbons (Fsp3) is 0.450. The second-order valence-electron chi connectivity index (χ2n) is 6.70. The van der Waals surface area contributed by atoms with E-state index >= 15 is 0 Å². The summed E-state index contributed by atoms with van der Waals surface area (Å²) in [5.74, 6) is 1.12. The zero-order valence-electron chi connectivity index (χ0n) is 15.4. The molecular formula is C20H28N2O3. The molecule has 2 rings (SSSR count). The van der Waals surface area contributed by atoms with Gasteiger partial charge in [0.25, 0.3) is 0 Å². The van der Waals surface area contributed by atoms with Crippen LogP contribution in [0, 0.1) is 12.8 Å². The molecular weight excluding hydrogens is 316 g/mol. The van der Waals surface area contributed by atoms with Crippen LogP contribution in [-0.4, -0.2) is 19.2 Å². The van der Waals surface area contributed by atoms with Crippen LogP contribution in [0.15, 0.2) is 47.1 Å². The number of furan rings is 1. The summed E-state index contributed by atoms with van der Waals surface area (Å²) in [4.78, 5) is 12.4. The van der Waals surface area contributed by atoms with Gasteiger partial charge in [0, 0.05) is 6.61 Å². The Labute approximate surface area is 149 Å². The van der Waals surface area contributed by atoms with E-state index in [4.69, 9.17) is 9.15 Å². The molecule has 5 nitrogen and oxygen atoms in total. The maximum absolute atomic E-state index is 12.4. The van der Waals surface area contributed by atoms with E-state index in [-0.39, 0.29) is 18.1 Å². The number of ether oxygens (including phenoxy) is 1. The summed E-state index contributed by atoms with van der Waals surface area (Å²) in [6.07, 6.45) is 1.60. The molecule has 2 amide bonds. The van der Waals surface area contributed by atoms with Crippen molar-refractivity contribution in [2.75, 3.05) is 13.2 Å². The molecule has 0 spiro atoms. The average molecular weight is 344 g/mol. The highest BCUT2D eigenvalue weighted by Gasteiger charge is 2.19. The van der Waals surface area contributed by atoms with Crippen LogP contribution in [0.5, 0.6) is 0 Å². The van der Waals surface area contributed by atoms with E-state index in [2.05, 4.69) is 24.5 Å². The van der Waals surface area contributed by atoms with Gasteiger partial charge in [0.05, 0.1) is 18.9 Å². The van der Waals surface area contributed by atoms with Crippen molar-refractivity contribution in [1.82, 2.24) is 10.6 Å². The lowest BCUT2D eigenvalue weighted by Crippen LogP contribution is -2.40. The van der Waals surface area contributed by atoms with E-state index in [0.717, 1.165) is 11.1 Å². The molecule has 5 heteroatoms. The van der Waals surface area contributed by atoms with Crippen molar-refractivity contribution in [2.45, 2.75) is 39.8 Å². The first kappa shape index (κ1) is 19.1. The van der Waals surface area contributed by atoms with Crippen LogP contribution in [0.4, 0.5) is 4.79 Å². The van der Waals surface area contributed by atoms with Gasteiger partial charge in [0.2, 0.25) is 0 Å². The highest BCUT2D eigenvalue weighted by molar-refractivity contribution is 5.75. The van der Waals surface area contributed by atoms with Crippen LogP contribution < -0.4 is 10.6 Å². The maximum atomic E-state index is 12.4. The topological polar surface area (TPSA) is 63.5 Å². The minimum atomic E-state index is -0.321. The van der Waals surface area contributed by atoms with Crippen LogP contribution in [0.25, 0.3) is 0 Å². The fourth-order valence-corrected chi connectivity index (χ4v) is 2.65. The van der Waals surface area contributed by atoms with Crippen molar-refractivity contribution in [1.29, 1.82) is 0 Å². The summed E-state index contributed by atoms with van der Waals surface area (Å²) < 4.78 is 11.1. The number of hydrogen-bond donors (Lipinski definition) is 2. The monoisotopic (exact) mass is 344 g/mol. The van der Waals surface area contributed by atoms with Crippen LogP contribution >= 0.6 is 0 Å². The van der Waals surface area contributed by atoms with Gasteiger partial charge in [-0.25, -0.2) is 4.79 Å². The average Bonchev–Trinajstić information content (AvgIpc) is 3.08. The van der Waals surface area contributed by atoms with Gasteiger partial charge in [-0.15, -0.1) is 0 Å². The van der Waals surface area contributed by atoms with Gasteiger partial charge < -0.3 is 19.8 Å². The van der Waals surface area contributed by atoms with E-state index < -0.39 is 0 Å². The SMILES string of the molecule is Cc1ccccc1C(C)NC(=O)NC(COCC(C)C)c1ccco1. The molecule has 0 saturated heterocycles. The van der Waals surface area contributed by atoms with Gasteiger partial charge in [-0.1, -0.05) is 38.1 Å². The lowest BCUT2D eigenvalue weighted by atomic mass is 10.0. The van der Waals surface area contributed by atoms with Crippen molar-refractivity contribution in [3.05, 3.63) is 59.5 Å². The van der Waals surface area contributed by atoms with Gasteiger partial charge in [-0.05, 0) is 43.0 Å². The lowest BCUT2D eigenvalue weighted by molar-refractivity contribution is 0.0867. The van der Waals surface area contributed by atoms with Crippen molar-refractivity contribution >= 4 is 6.03 Å². The lowest BCUT2D eigenvalue weighted by Gasteiger charge is -2.21. The zero-order chi connectivity index (χ0) is 18.2. The van der Waals surface area contributed by atoms with E-state index in [0.29, 0.717) is 24.9 Å². The molecule has 0 radical (unpaired) electrons. The number of nitrogens with one attached hydrogen (secondary N) is 2. The Balaban J connectivity index is 1.95. The molecule has 0 saturated carbocycles. The van der Waals surface area contributed by atoms with Gasteiger partial charge in [-0.3, -0.25) is 0 Å². The third kappa shape index (κ3) is 5.94. The summed E-state index contributed by atoms with van der Waals surface area (Å²) in [6, 6.07) is 11.0. The first-order valence-corrected chi connectivity index (χ1v) is 8.71. The molecule has 0 aliphatic carbocycles. The Morgan fingerprint density at radius 2 is 1.84 bits per heavy atom. The number of amides is 2. The molecule has 1 aromatic carbocycles. The summed E-state index contributed by atoms with van der Waals surface area (Å²) in [5.41, 5.74) is 2.25. The molecule has 2 atom stereocenters. The van der Waals surface area contributed by atoms with E-state index in [1.807, 2.05) is 44.2 Å². The van der Waals surface area contributed by atoms with Crippen molar-refractivity contribution in [3.8, 4) is 0 Å². The smallest absolute Gasteiger partial charge is 0.315 e. The van der Waals surface area contributed by atoms with E-state index in [1.165, 1.54) is 0 Å². The predicted octanol–water partition coefficient (Wildman–Crippen LogP) is 4.36. The Bertz CT molecular complexity index is 653. The highest BCUT2D eigenvalue weighted by Crippen LogP contribution is 2.18. The summed E-state index contributed by atoms with van der Waals surface area (Å²) in [6.45, 7) is 9.20. The third-order valence-electron chi connectivity index (χ3n) is 3.93. The van der Waals surface area contributed by atoms with Gasteiger partial charge in [0.1, 0.15) is 11.8 Å². The molecule has 0 aliphatic rings. The summed E-state index contributed by atoms with van der Waals surface area (Å²) >= 11 is 0. The Morgan fingerprint density at radius 3 is 2.48 bits per heavy atom. The van der Waals surface area contributed by atoms with Crippen LogP contribution in [-0.2, 0) is 4.74 Å². The number of urea groups is 1. The van der Waals surface area contributed by atoms with Crippen LogP contribution in [0.3, 0.4) is 0 Å². The minimum Gasteiger partial charge on any atom is -0.467 e. The zero-order valence-corrected chi connectivity index (χ0v) is 15.4.